The predicted molar refractivity (Wildman–Crippen MR) is 104 cm³/mol. The van der Waals surface area contributed by atoms with Crippen LogP contribution in [-0.2, 0) is 0 Å². The topological polar surface area (TPSA) is 29.3 Å². The summed E-state index contributed by atoms with van der Waals surface area (Å²) in [6.07, 6.45) is 2.97. The molecule has 3 heterocycles. The maximum absolute atomic E-state index is 6.29. The van der Waals surface area contributed by atoms with Gasteiger partial charge < -0.3 is 4.42 Å². The highest BCUT2D eigenvalue weighted by atomic mass is 16.3. The van der Waals surface area contributed by atoms with Crippen molar-refractivity contribution in [2.24, 2.45) is 5.92 Å². The van der Waals surface area contributed by atoms with Crippen LogP contribution in [0.3, 0.4) is 0 Å². The summed E-state index contributed by atoms with van der Waals surface area (Å²) in [5, 5.41) is 2.31. The molecule has 4 rings (SSSR count). The highest BCUT2D eigenvalue weighted by Crippen LogP contribution is 2.51. The van der Waals surface area contributed by atoms with E-state index in [1.54, 1.807) is 6.20 Å². The zero-order valence-corrected chi connectivity index (χ0v) is 16.1. The van der Waals surface area contributed by atoms with Gasteiger partial charge in [0, 0.05) is 40.0 Å². The number of hydrogen-bond donors (Lipinski definition) is 0. The molecular weight excluding hydrogens is 308 g/mol. The fourth-order valence-corrected chi connectivity index (χ4v) is 5.21. The Hall–Kier alpha value is -1.87. The summed E-state index contributed by atoms with van der Waals surface area (Å²) in [6.45, 7) is 11.7. The molecule has 1 fully saturated rings. The van der Waals surface area contributed by atoms with Crippen molar-refractivity contribution in [1.29, 1.82) is 0 Å². The lowest BCUT2D eigenvalue weighted by atomic mass is 9.74. The molecule has 0 bridgehead atoms. The second kappa shape index (κ2) is 5.57. The number of furan rings is 1. The monoisotopic (exact) mass is 336 g/mol. The van der Waals surface area contributed by atoms with E-state index in [4.69, 9.17) is 4.42 Å². The van der Waals surface area contributed by atoms with Crippen molar-refractivity contribution in [3.8, 4) is 0 Å². The van der Waals surface area contributed by atoms with Crippen LogP contribution < -0.4 is 0 Å². The van der Waals surface area contributed by atoms with Gasteiger partial charge in [-0.3, -0.25) is 4.90 Å². The predicted octanol–water partition coefficient (Wildman–Crippen LogP) is 5.51. The molecule has 3 atom stereocenters. The Balaban J connectivity index is 2.01. The molecule has 0 saturated carbocycles. The summed E-state index contributed by atoms with van der Waals surface area (Å²) in [5.74, 6) is 1.06. The molecule has 3 nitrogen and oxygen atoms in total. The fourth-order valence-electron chi connectivity index (χ4n) is 5.21. The summed E-state index contributed by atoms with van der Waals surface area (Å²) in [7, 11) is 2.27. The summed E-state index contributed by atoms with van der Waals surface area (Å²) >= 11 is 0. The van der Waals surface area contributed by atoms with Crippen LogP contribution in [0, 0.1) is 12.8 Å². The average Bonchev–Trinajstić information content (AvgIpc) is 3.04. The molecule has 3 aromatic rings. The molecule has 2 unspecified atom stereocenters. The standard InChI is InChI=1S/C22H28N2O/c1-7-17-19(14(3)24(6)22(17,4)5)18-13(2)10-11-15-16-9-8-12-23-21(16)25-20(15)18/h8-12,14,17,19H,7H2,1-6H3/t14-,17?,19?/m1/s1. The molecule has 0 N–H and O–H groups in total. The number of fused-ring (bicyclic) bond motifs is 3. The minimum Gasteiger partial charge on any atom is -0.437 e. The Bertz CT molecular complexity index is 940. The first-order chi connectivity index (χ1) is 11.9. The van der Waals surface area contributed by atoms with Crippen LogP contribution in [0.1, 0.15) is 51.2 Å². The Morgan fingerprint density at radius 3 is 2.68 bits per heavy atom. The Kier molecular flexibility index (Phi) is 3.69. The molecular formula is C22H28N2O. The minimum absolute atomic E-state index is 0.178. The second-order valence-electron chi connectivity index (χ2n) is 8.18. The first kappa shape index (κ1) is 16.6. The normalized spacial score (nSPS) is 26.7. The van der Waals surface area contributed by atoms with E-state index < -0.39 is 0 Å². The van der Waals surface area contributed by atoms with Gasteiger partial charge in [0.25, 0.3) is 0 Å². The third-order valence-corrected chi connectivity index (χ3v) is 6.83. The van der Waals surface area contributed by atoms with E-state index in [2.05, 4.69) is 69.7 Å². The molecule has 0 amide bonds. The van der Waals surface area contributed by atoms with Crippen LogP contribution >= 0.6 is 0 Å². The van der Waals surface area contributed by atoms with Crippen LogP contribution in [0.4, 0.5) is 0 Å². The third-order valence-electron chi connectivity index (χ3n) is 6.83. The maximum atomic E-state index is 6.29. The van der Waals surface area contributed by atoms with Gasteiger partial charge in [0.1, 0.15) is 5.58 Å². The highest BCUT2D eigenvalue weighted by Gasteiger charge is 2.50. The Morgan fingerprint density at radius 1 is 1.20 bits per heavy atom. The lowest BCUT2D eigenvalue weighted by molar-refractivity contribution is 0.145. The first-order valence-electron chi connectivity index (χ1n) is 9.37. The molecule has 1 aliphatic heterocycles. The zero-order chi connectivity index (χ0) is 17.9. The quantitative estimate of drug-likeness (QED) is 0.618. The largest absolute Gasteiger partial charge is 0.437 e. The second-order valence-corrected chi connectivity index (χ2v) is 8.18. The average molecular weight is 336 g/mol. The van der Waals surface area contributed by atoms with Crippen LogP contribution in [0.5, 0.6) is 0 Å². The number of rotatable bonds is 2. The van der Waals surface area contributed by atoms with Crippen molar-refractivity contribution < 1.29 is 4.42 Å². The van der Waals surface area contributed by atoms with Gasteiger partial charge in [-0.1, -0.05) is 25.5 Å². The molecule has 0 radical (unpaired) electrons. The third kappa shape index (κ3) is 2.18. The van der Waals surface area contributed by atoms with Crippen molar-refractivity contribution >= 4 is 22.1 Å². The van der Waals surface area contributed by atoms with E-state index in [0.717, 1.165) is 16.7 Å². The molecule has 3 heteroatoms. The van der Waals surface area contributed by atoms with Gasteiger partial charge in [-0.2, -0.15) is 0 Å². The van der Waals surface area contributed by atoms with Gasteiger partial charge in [-0.25, -0.2) is 4.98 Å². The molecule has 132 valence electrons. The number of aromatic nitrogens is 1. The molecule has 1 aliphatic rings. The summed E-state index contributed by atoms with van der Waals surface area (Å²) in [5.41, 5.74) is 4.67. The van der Waals surface area contributed by atoms with Gasteiger partial charge in [-0.15, -0.1) is 0 Å². The van der Waals surface area contributed by atoms with Gasteiger partial charge in [0.15, 0.2) is 0 Å². The van der Waals surface area contributed by atoms with Gasteiger partial charge in [0.05, 0.1) is 0 Å². The lowest BCUT2D eigenvalue weighted by Crippen LogP contribution is -2.41. The number of likely N-dealkylation sites (N-methyl/N-ethyl adjacent to an activating group) is 1. The van der Waals surface area contributed by atoms with E-state index in [1.165, 1.54) is 22.9 Å². The van der Waals surface area contributed by atoms with Crippen LogP contribution in [-0.4, -0.2) is 28.5 Å². The summed E-state index contributed by atoms with van der Waals surface area (Å²) in [6, 6.07) is 9.02. The number of benzene rings is 1. The molecule has 1 saturated heterocycles. The van der Waals surface area contributed by atoms with E-state index in [1.807, 2.05) is 6.07 Å². The van der Waals surface area contributed by atoms with Crippen LogP contribution in [0.15, 0.2) is 34.9 Å². The summed E-state index contributed by atoms with van der Waals surface area (Å²) in [4.78, 5) is 6.99. The van der Waals surface area contributed by atoms with Crippen molar-refractivity contribution in [3.05, 3.63) is 41.6 Å². The molecule has 1 aromatic carbocycles. The number of aryl methyl sites for hydroxylation is 1. The zero-order valence-electron chi connectivity index (χ0n) is 16.1. The van der Waals surface area contributed by atoms with Gasteiger partial charge >= 0.3 is 0 Å². The fraction of sp³-hybridized carbons (Fsp3) is 0.500. The number of pyridine rings is 1. The van der Waals surface area contributed by atoms with E-state index in [9.17, 15) is 0 Å². The van der Waals surface area contributed by atoms with Gasteiger partial charge in [-0.05, 0) is 58.4 Å². The van der Waals surface area contributed by atoms with Gasteiger partial charge in [0.2, 0.25) is 5.71 Å². The number of nitrogens with zero attached hydrogens (tertiary/aromatic N) is 2. The molecule has 2 aromatic heterocycles. The van der Waals surface area contributed by atoms with E-state index >= 15 is 0 Å². The number of hydrogen-bond acceptors (Lipinski definition) is 3. The molecule has 0 spiro atoms. The SMILES string of the molecule is CCC1C(c2c(C)ccc3c2oc2ncccc23)[C@@H](C)N(C)C1(C)C. The molecule has 0 aliphatic carbocycles. The van der Waals surface area contributed by atoms with Crippen LogP contribution in [0.2, 0.25) is 0 Å². The van der Waals surface area contributed by atoms with Crippen molar-refractivity contribution in [1.82, 2.24) is 9.88 Å². The Labute approximate surface area is 150 Å². The Morgan fingerprint density at radius 2 is 1.96 bits per heavy atom. The van der Waals surface area contributed by atoms with Crippen molar-refractivity contribution in [3.63, 3.8) is 0 Å². The van der Waals surface area contributed by atoms with E-state index in [0.29, 0.717) is 17.9 Å². The van der Waals surface area contributed by atoms with E-state index in [-0.39, 0.29) is 5.54 Å². The first-order valence-corrected chi connectivity index (χ1v) is 9.37. The van der Waals surface area contributed by atoms with Crippen molar-refractivity contribution in [2.45, 2.75) is 58.5 Å². The number of likely N-dealkylation sites (tertiary alicyclic amines) is 1. The molecule has 25 heavy (non-hydrogen) atoms. The lowest BCUT2D eigenvalue weighted by Gasteiger charge is -2.34. The minimum atomic E-state index is 0.178. The highest BCUT2D eigenvalue weighted by molar-refractivity contribution is 6.05. The van der Waals surface area contributed by atoms with Crippen molar-refractivity contribution in [2.75, 3.05) is 7.05 Å². The summed E-state index contributed by atoms with van der Waals surface area (Å²) < 4.78 is 6.29. The maximum Gasteiger partial charge on any atom is 0.227 e. The smallest absolute Gasteiger partial charge is 0.227 e. The van der Waals surface area contributed by atoms with Crippen LogP contribution in [0.25, 0.3) is 22.1 Å².